The van der Waals surface area contributed by atoms with Crippen molar-refractivity contribution in [1.82, 2.24) is 0 Å². The molecule has 0 saturated heterocycles. The van der Waals surface area contributed by atoms with Crippen molar-refractivity contribution in [2.75, 3.05) is 18.5 Å². The van der Waals surface area contributed by atoms with Gasteiger partial charge in [0.2, 0.25) is 0 Å². The summed E-state index contributed by atoms with van der Waals surface area (Å²) in [5.41, 5.74) is 0.967. The summed E-state index contributed by atoms with van der Waals surface area (Å²) < 4.78 is 11.4. The minimum Gasteiger partial charge on any atom is -0.490 e. The second-order valence-electron chi connectivity index (χ2n) is 5.07. The quantitative estimate of drug-likeness (QED) is 0.907. The van der Waals surface area contributed by atoms with Gasteiger partial charge in [-0.05, 0) is 37.8 Å². The van der Waals surface area contributed by atoms with Crippen molar-refractivity contribution in [3.8, 4) is 5.75 Å². The van der Waals surface area contributed by atoms with Crippen LogP contribution >= 0.6 is 0 Å². The van der Waals surface area contributed by atoms with Gasteiger partial charge in [-0.15, -0.1) is 0 Å². The largest absolute Gasteiger partial charge is 0.490 e. The summed E-state index contributed by atoms with van der Waals surface area (Å²) in [7, 11) is 0. The first-order valence-electron chi connectivity index (χ1n) is 7.11. The van der Waals surface area contributed by atoms with Gasteiger partial charge >= 0.3 is 0 Å². The Bertz CT molecular complexity index is 453. The summed E-state index contributed by atoms with van der Waals surface area (Å²) in [5, 5.41) is 3.17. The zero-order valence-corrected chi connectivity index (χ0v) is 11.1. The number of hydrogen-bond donors (Lipinski definition) is 1. The fourth-order valence-corrected chi connectivity index (χ4v) is 2.56. The van der Waals surface area contributed by atoms with Crippen molar-refractivity contribution in [3.05, 3.63) is 24.3 Å². The molecule has 0 unspecified atom stereocenters. The molecular formula is C15H20N2O2. The van der Waals surface area contributed by atoms with Crippen LogP contribution in [0.3, 0.4) is 0 Å². The van der Waals surface area contributed by atoms with Crippen LogP contribution < -0.4 is 10.1 Å². The first kappa shape index (κ1) is 12.3. The number of hydrogen-bond acceptors (Lipinski definition) is 4. The molecule has 0 atom stereocenters. The van der Waals surface area contributed by atoms with E-state index >= 15 is 0 Å². The van der Waals surface area contributed by atoms with Gasteiger partial charge < -0.3 is 14.8 Å². The Morgan fingerprint density at radius 1 is 1.21 bits per heavy atom. The van der Waals surface area contributed by atoms with E-state index in [2.05, 4.69) is 10.3 Å². The number of aliphatic imine (C=N–C) groups is 1. The van der Waals surface area contributed by atoms with Gasteiger partial charge in [-0.25, -0.2) is 4.99 Å². The number of nitrogens with zero attached hydrogens (tertiary/aromatic N) is 1. The van der Waals surface area contributed by atoms with Crippen LogP contribution in [0, 0.1) is 0 Å². The van der Waals surface area contributed by atoms with Crippen LogP contribution in [-0.4, -0.2) is 25.3 Å². The van der Waals surface area contributed by atoms with Crippen LogP contribution in [0.4, 0.5) is 5.69 Å². The zero-order valence-electron chi connectivity index (χ0n) is 11.1. The van der Waals surface area contributed by atoms with Gasteiger partial charge in [0, 0.05) is 11.8 Å². The molecule has 1 fully saturated rings. The van der Waals surface area contributed by atoms with Crippen molar-refractivity contribution >= 4 is 11.7 Å². The summed E-state index contributed by atoms with van der Waals surface area (Å²) in [6.45, 7) is 1.40. The smallest absolute Gasteiger partial charge is 0.289 e. The Balaban J connectivity index is 1.61. The van der Waals surface area contributed by atoms with Crippen LogP contribution in [0.5, 0.6) is 5.75 Å². The van der Waals surface area contributed by atoms with Crippen LogP contribution in [0.1, 0.15) is 32.1 Å². The van der Waals surface area contributed by atoms with E-state index in [1.807, 2.05) is 24.3 Å². The standard InChI is InChI=1S/C15H20N2O2/c1-2-6-13(7-3-1)19-14-8-4-5-12(11-14)17-15-16-9-10-18-15/h4-5,8,11,13H,1-3,6-7,9-10H2,(H,16,17). The van der Waals surface area contributed by atoms with Crippen LogP contribution in [0.15, 0.2) is 29.3 Å². The van der Waals surface area contributed by atoms with Crippen LogP contribution in [0.2, 0.25) is 0 Å². The molecule has 0 bridgehead atoms. The van der Waals surface area contributed by atoms with Gasteiger partial charge in [-0.3, -0.25) is 0 Å². The molecule has 3 rings (SSSR count). The van der Waals surface area contributed by atoms with Crippen molar-refractivity contribution in [2.45, 2.75) is 38.2 Å². The monoisotopic (exact) mass is 260 g/mol. The van der Waals surface area contributed by atoms with Gasteiger partial charge in [0.25, 0.3) is 6.02 Å². The minimum absolute atomic E-state index is 0.379. The lowest BCUT2D eigenvalue weighted by Gasteiger charge is -2.23. The number of ether oxygens (including phenoxy) is 2. The predicted molar refractivity (Wildman–Crippen MR) is 75.8 cm³/mol. The molecule has 4 nitrogen and oxygen atoms in total. The third-order valence-electron chi connectivity index (χ3n) is 3.53. The number of amidine groups is 1. The highest BCUT2D eigenvalue weighted by atomic mass is 16.5. The summed E-state index contributed by atoms with van der Waals surface area (Å²) in [5.74, 6) is 0.926. The molecule has 4 heteroatoms. The van der Waals surface area contributed by atoms with E-state index in [0.29, 0.717) is 18.7 Å². The lowest BCUT2D eigenvalue weighted by Crippen LogP contribution is -2.19. The average Bonchev–Trinajstić information content (AvgIpc) is 2.93. The molecule has 2 aliphatic rings. The van der Waals surface area contributed by atoms with Gasteiger partial charge in [-0.1, -0.05) is 12.5 Å². The van der Waals surface area contributed by atoms with Gasteiger partial charge in [0.05, 0.1) is 12.6 Å². The van der Waals surface area contributed by atoms with Crippen molar-refractivity contribution in [1.29, 1.82) is 0 Å². The van der Waals surface area contributed by atoms with Crippen LogP contribution in [-0.2, 0) is 4.74 Å². The van der Waals surface area contributed by atoms with Gasteiger partial charge in [0.15, 0.2) is 0 Å². The van der Waals surface area contributed by atoms with Gasteiger partial charge in [0.1, 0.15) is 12.4 Å². The molecule has 1 aromatic carbocycles. The summed E-state index contributed by atoms with van der Waals surface area (Å²) in [6, 6.07) is 8.62. The molecule has 1 aromatic rings. The Kier molecular flexibility index (Phi) is 3.86. The second-order valence-corrected chi connectivity index (χ2v) is 5.07. The number of nitrogens with one attached hydrogen (secondary N) is 1. The lowest BCUT2D eigenvalue weighted by molar-refractivity contribution is 0.155. The molecule has 19 heavy (non-hydrogen) atoms. The maximum absolute atomic E-state index is 6.04. The first-order valence-corrected chi connectivity index (χ1v) is 7.11. The number of rotatable bonds is 3. The van der Waals surface area contributed by atoms with Crippen molar-refractivity contribution in [3.63, 3.8) is 0 Å². The average molecular weight is 260 g/mol. The van der Waals surface area contributed by atoms with E-state index in [1.54, 1.807) is 0 Å². The molecule has 0 amide bonds. The highest BCUT2D eigenvalue weighted by molar-refractivity contribution is 5.89. The van der Waals surface area contributed by atoms with Crippen LogP contribution in [0.25, 0.3) is 0 Å². The Hall–Kier alpha value is -1.71. The maximum Gasteiger partial charge on any atom is 0.289 e. The van der Waals surface area contributed by atoms with Crippen molar-refractivity contribution in [2.24, 2.45) is 4.99 Å². The fraction of sp³-hybridized carbons (Fsp3) is 0.533. The molecule has 1 heterocycles. The molecular weight excluding hydrogens is 240 g/mol. The summed E-state index contributed by atoms with van der Waals surface area (Å²) >= 11 is 0. The molecule has 0 spiro atoms. The van der Waals surface area contributed by atoms with E-state index in [0.717, 1.165) is 18.0 Å². The molecule has 1 N–H and O–H groups in total. The number of benzene rings is 1. The van der Waals surface area contributed by atoms with Gasteiger partial charge in [-0.2, -0.15) is 0 Å². The van der Waals surface area contributed by atoms with Crippen molar-refractivity contribution < 1.29 is 9.47 Å². The fourth-order valence-electron chi connectivity index (χ4n) is 2.56. The van der Waals surface area contributed by atoms with E-state index in [-0.39, 0.29) is 0 Å². The Labute approximate surface area is 113 Å². The summed E-state index contributed by atoms with van der Waals surface area (Å²) in [6.07, 6.45) is 6.64. The zero-order chi connectivity index (χ0) is 12.9. The second kappa shape index (κ2) is 5.95. The number of anilines is 1. The first-order chi connectivity index (χ1) is 9.40. The molecule has 0 aromatic heterocycles. The summed E-state index contributed by atoms with van der Waals surface area (Å²) in [4.78, 5) is 4.22. The highest BCUT2D eigenvalue weighted by Crippen LogP contribution is 2.25. The Morgan fingerprint density at radius 2 is 2.11 bits per heavy atom. The predicted octanol–water partition coefficient (Wildman–Crippen LogP) is 3.20. The highest BCUT2D eigenvalue weighted by Gasteiger charge is 2.15. The molecule has 102 valence electrons. The van der Waals surface area contributed by atoms with E-state index in [4.69, 9.17) is 9.47 Å². The van der Waals surface area contributed by atoms with E-state index < -0.39 is 0 Å². The Morgan fingerprint density at radius 3 is 2.89 bits per heavy atom. The van der Waals surface area contributed by atoms with E-state index in [1.165, 1.54) is 32.1 Å². The maximum atomic E-state index is 6.04. The van der Waals surface area contributed by atoms with E-state index in [9.17, 15) is 0 Å². The topological polar surface area (TPSA) is 42.9 Å². The molecule has 1 aliphatic heterocycles. The molecule has 1 saturated carbocycles. The molecule has 0 radical (unpaired) electrons. The third-order valence-corrected chi connectivity index (χ3v) is 3.53. The normalized spacial score (nSPS) is 19.7. The lowest BCUT2D eigenvalue weighted by atomic mass is 9.98. The SMILES string of the molecule is c1cc(NC2=NCCO2)cc(OC2CCCCC2)c1. The minimum atomic E-state index is 0.379. The molecule has 1 aliphatic carbocycles. The third kappa shape index (κ3) is 3.40.